The zero-order valence-electron chi connectivity index (χ0n) is 20.0. The first-order chi connectivity index (χ1) is 15.9. The second-order valence-corrected chi connectivity index (χ2v) is 9.15. The van der Waals surface area contributed by atoms with Crippen LogP contribution in [-0.2, 0) is 6.42 Å². The van der Waals surface area contributed by atoms with Gasteiger partial charge in [0.15, 0.2) is 11.5 Å². The molecule has 2 saturated heterocycles. The molecule has 2 fully saturated rings. The molecule has 0 spiro atoms. The highest BCUT2D eigenvalue weighted by Crippen LogP contribution is 2.29. The molecule has 0 bridgehead atoms. The minimum atomic E-state index is -0.628. The van der Waals surface area contributed by atoms with Crippen LogP contribution >= 0.6 is 0 Å². The van der Waals surface area contributed by atoms with Crippen molar-refractivity contribution in [3.05, 3.63) is 35.2 Å². The number of benzene rings is 1. The summed E-state index contributed by atoms with van der Waals surface area (Å²) in [4.78, 5) is 28.1. The molecule has 9 heteroatoms. The van der Waals surface area contributed by atoms with E-state index in [1.807, 2.05) is 13.0 Å². The monoisotopic (exact) mass is 452 g/mol. The van der Waals surface area contributed by atoms with Crippen molar-refractivity contribution in [3.8, 4) is 0 Å². The first kappa shape index (κ1) is 23.3. The number of aryl methyl sites for hydroxylation is 2. The third-order valence-corrected chi connectivity index (χ3v) is 6.89. The Kier molecular flexibility index (Phi) is 6.99. The molecule has 4 rings (SSSR count). The summed E-state index contributed by atoms with van der Waals surface area (Å²) in [5, 5.41) is 3.19. The lowest BCUT2D eigenvalue weighted by Gasteiger charge is -2.43. The molecule has 0 atom stereocenters. The van der Waals surface area contributed by atoms with E-state index in [1.54, 1.807) is 0 Å². The molecule has 2 aliphatic heterocycles. The fourth-order valence-corrected chi connectivity index (χ4v) is 4.89. The predicted molar refractivity (Wildman–Crippen MR) is 133 cm³/mol. The summed E-state index contributed by atoms with van der Waals surface area (Å²) in [5.74, 6) is -0.0323. The van der Waals surface area contributed by atoms with Gasteiger partial charge in [0, 0.05) is 56.7 Å². The molecule has 0 aliphatic carbocycles. The van der Waals surface area contributed by atoms with E-state index < -0.39 is 5.91 Å². The number of carbonyl (C=O) groups is 1. The topological polar surface area (TPSA) is 117 Å². The highest BCUT2D eigenvalue weighted by molar-refractivity contribution is 5.96. The Morgan fingerprint density at radius 2 is 1.82 bits per heavy atom. The first-order valence-corrected chi connectivity index (χ1v) is 11.9. The number of nitrogen functional groups attached to an aromatic ring is 1. The summed E-state index contributed by atoms with van der Waals surface area (Å²) in [6.07, 6.45) is 2.98. The van der Waals surface area contributed by atoms with E-state index in [2.05, 4.69) is 56.1 Å². The van der Waals surface area contributed by atoms with Crippen LogP contribution in [0, 0.1) is 6.92 Å². The Balaban J connectivity index is 1.43. The van der Waals surface area contributed by atoms with Gasteiger partial charge in [-0.2, -0.15) is 0 Å². The van der Waals surface area contributed by atoms with Gasteiger partial charge in [-0.25, -0.2) is 9.97 Å². The molecule has 178 valence electrons. The maximum Gasteiger partial charge on any atom is 0.271 e. The van der Waals surface area contributed by atoms with Gasteiger partial charge >= 0.3 is 0 Å². The first-order valence-electron chi connectivity index (χ1n) is 11.9. The lowest BCUT2D eigenvalue weighted by Crippen LogP contribution is -2.52. The zero-order valence-corrected chi connectivity index (χ0v) is 20.0. The average molecular weight is 453 g/mol. The van der Waals surface area contributed by atoms with Crippen LogP contribution in [0.3, 0.4) is 0 Å². The highest BCUT2D eigenvalue weighted by atomic mass is 16.1. The molecule has 2 aromatic rings. The molecule has 1 amide bonds. The number of amides is 1. The van der Waals surface area contributed by atoms with Crippen molar-refractivity contribution >= 4 is 28.9 Å². The Morgan fingerprint density at radius 1 is 1.12 bits per heavy atom. The largest absolute Gasteiger partial charge is 0.382 e. The number of piperidine rings is 1. The van der Waals surface area contributed by atoms with Crippen molar-refractivity contribution in [1.82, 2.24) is 19.8 Å². The summed E-state index contributed by atoms with van der Waals surface area (Å²) in [6.45, 7) is 10.9. The van der Waals surface area contributed by atoms with Gasteiger partial charge in [0.2, 0.25) is 0 Å². The smallest absolute Gasteiger partial charge is 0.271 e. The number of aromatic nitrogens is 2. The van der Waals surface area contributed by atoms with Gasteiger partial charge < -0.3 is 26.6 Å². The summed E-state index contributed by atoms with van der Waals surface area (Å²) in [5.41, 5.74) is 15.4. The Bertz CT molecular complexity index is 994. The molecule has 9 nitrogen and oxygen atoms in total. The third kappa shape index (κ3) is 5.20. The number of nitrogens with zero attached hydrogens (tertiary/aromatic N) is 5. The Morgan fingerprint density at radius 3 is 2.42 bits per heavy atom. The molecule has 2 aliphatic rings. The molecule has 0 unspecified atom stereocenters. The van der Waals surface area contributed by atoms with Crippen LogP contribution in [0.25, 0.3) is 0 Å². The Hall–Kier alpha value is -2.91. The van der Waals surface area contributed by atoms with E-state index in [-0.39, 0.29) is 11.5 Å². The predicted octanol–water partition coefficient (Wildman–Crippen LogP) is 1.99. The van der Waals surface area contributed by atoms with Crippen molar-refractivity contribution in [2.45, 2.75) is 39.2 Å². The fourth-order valence-electron chi connectivity index (χ4n) is 4.89. The number of primary amides is 1. The average Bonchev–Trinajstić information content (AvgIpc) is 2.80. The lowest BCUT2D eigenvalue weighted by molar-refractivity contribution is 0.0982. The van der Waals surface area contributed by atoms with Gasteiger partial charge in [-0.3, -0.25) is 9.69 Å². The fraction of sp³-hybridized carbons (Fsp3) is 0.542. The minimum absolute atomic E-state index is 0.105. The van der Waals surface area contributed by atoms with Crippen LogP contribution in [0.2, 0.25) is 0 Å². The van der Waals surface area contributed by atoms with Crippen LogP contribution < -0.4 is 21.7 Å². The number of hydrogen-bond acceptors (Lipinski definition) is 8. The van der Waals surface area contributed by atoms with Gasteiger partial charge in [0.25, 0.3) is 5.91 Å². The summed E-state index contributed by atoms with van der Waals surface area (Å²) in [7, 11) is 2.21. The number of piperazine rings is 1. The summed E-state index contributed by atoms with van der Waals surface area (Å²) < 4.78 is 0. The molecule has 1 aromatic heterocycles. The van der Waals surface area contributed by atoms with Crippen molar-refractivity contribution in [2.24, 2.45) is 5.73 Å². The van der Waals surface area contributed by atoms with E-state index in [0.29, 0.717) is 24.0 Å². The maximum atomic E-state index is 11.9. The van der Waals surface area contributed by atoms with Gasteiger partial charge in [-0.1, -0.05) is 6.92 Å². The summed E-state index contributed by atoms with van der Waals surface area (Å²) in [6, 6.07) is 6.90. The van der Waals surface area contributed by atoms with Gasteiger partial charge in [-0.15, -0.1) is 0 Å². The van der Waals surface area contributed by atoms with Crippen molar-refractivity contribution in [3.63, 3.8) is 0 Å². The second-order valence-electron chi connectivity index (χ2n) is 9.15. The van der Waals surface area contributed by atoms with Crippen LogP contribution in [0.15, 0.2) is 18.2 Å². The van der Waals surface area contributed by atoms with E-state index in [0.717, 1.165) is 18.8 Å². The minimum Gasteiger partial charge on any atom is -0.382 e. The number of anilines is 4. The number of nitrogens with one attached hydrogen (secondary N) is 1. The summed E-state index contributed by atoms with van der Waals surface area (Å²) >= 11 is 0. The molecule has 0 radical (unpaired) electrons. The second kappa shape index (κ2) is 9.93. The van der Waals surface area contributed by atoms with E-state index in [1.165, 1.54) is 50.3 Å². The van der Waals surface area contributed by atoms with Crippen LogP contribution in [0.4, 0.5) is 23.0 Å². The quantitative estimate of drug-likeness (QED) is 0.609. The number of hydrogen-bond donors (Lipinski definition) is 3. The SMILES string of the molecule is CCc1nc(C(N)=O)c(Nc2ccc(N3CCC(N4CCN(C)CC4)CC3)c(C)c2)nc1N. The number of rotatable bonds is 6. The lowest BCUT2D eigenvalue weighted by atomic mass is 10.0. The normalized spacial score (nSPS) is 18.5. The molecule has 3 heterocycles. The molecular weight excluding hydrogens is 416 g/mol. The molecule has 33 heavy (non-hydrogen) atoms. The third-order valence-electron chi connectivity index (χ3n) is 6.89. The number of likely N-dealkylation sites (N-methyl/N-ethyl adjacent to an activating group) is 1. The van der Waals surface area contributed by atoms with Crippen LogP contribution in [0.1, 0.15) is 41.5 Å². The molecular formula is C24H36N8O. The maximum absolute atomic E-state index is 11.9. The Labute approximate surface area is 196 Å². The zero-order chi connectivity index (χ0) is 23.5. The van der Waals surface area contributed by atoms with Crippen LogP contribution in [-0.4, -0.2) is 78.0 Å². The van der Waals surface area contributed by atoms with E-state index in [9.17, 15) is 4.79 Å². The van der Waals surface area contributed by atoms with Crippen molar-refractivity contribution < 1.29 is 4.79 Å². The van der Waals surface area contributed by atoms with E-state index in [4.69, 9.17) is 11.5 Å². The van der Waals surface area contributed by atoms with Gasteiger partial charge in [0.1, 0.15) is 5.82 Å². The number of carbonyl (C=O) groups excluding carboxylic acids is 1. The molecule has 5 N–H and O–H groups in total. The van der Waals surface area contributed by atoms with Crippen molar-refractivity contribution in [2.75, 3.05) is 62.3 Å². The van der Waals surface area contributed by atoms with E-state index >= 15 is 0 Å². The molecule has 1 aromatic carbocycles. The van der Waals surface area contributed by atoms with Gasteiger partial charge in [0.05, 0.1) is 5.69 Å². The van der Waals surface area contributed by atoms with Crippen LogP contribution in [0.5, 0.6) is 0 Å². The standard InChI is InChI=1S/C24H36N8O/c1-4-19-22(25)29-24(21(28-19)23(26)33)27-17-5-6-20(16(2)15-17)32-9-7-18(8-10-32)31-13-11-30(3)12-14-31/h5-6,15,18H,4,7-14H2,1-3H3,(H2,26,33)(H3,25,27,29). The van der Waals surface area contributed by atoms with Gasteiger partial charge in [-0.05, 0) is 57.0 Å². The number of nitrogens with two attached hydrogens (primary N) is 2. The van der Waals surface area contributed by atoms with Crippen molar-refractivity contribution in [1.29, 1.82) is 0 Å². The highest BCUT2D eigenvalue weighted by Gasteiger charge is 2.27. The molecule has 0 saturated carbocycles.